The van der Waals surface area contributed by atoms with E-state index in [1.165, 1.54) is 42.5 Å². The monoisotopic (exact) mass is 400 g/mol. The Kier molecular flexibility index (Phi) is 4.28. The van der Waals surface area contributed by atoms with Gasteiger partial charge in [-0.25, -0.2) is 0 Å². The number of halogens is 1. The van der Waals surface area contributed by atoms with Gasteiger partial charge in [0.05, 0.1) is 19.1 Å². The van der Waals surface area contributed by atoms with Crippen LogP contribution in [0.1, 0.15) is 31.0 Å². The second-order valence-corrected chi connectivity index (χ2v) is 6.48. The molecule has 1 fully saturated rings. The topological polar surface area (TPSA) is 99.4 Å². The van der Waals surface area contributed by atoms with Crippen LogP contribution in [0.15, 0.2) is 42.5 Å². The fourth-order valence-electron chi connectivity index (χ4n) is 2.78. The van der Waals surface area contributed by atoms with Crippen LogP contribution < -0.4 is 4.74 Å². The van der Waals surface area contributed by atoms with Gasteiger partial charge in [-0.2, -0.15) is 0 Å². The molecule has 1 aliphatic heterocycles. The maximum absolute atomic E-state index is 10.4. The molecular formula is C20H23ClO6. The van der Waals surface area contributed by atoms with Crippen LogP contribution in [0.3, 0.4) is 0 Å². The molecule has 0 spiro atoms. The van der Waals surface area contributed by atoms with Gasteiger partial charge < -0.3 is 29.9 Å². The summed E-state index contributed by atoms with van der Waals surface area (Å²) in [6.45, 7) is -0.725. The number of aliphatic hydroxyl groups excluding tert-OH is 4. The van der Waals surface area contributed by atoms with E-state index in [1.807, 2.05) is 0 Å². The minimum absolute atomic E-state index is 0.000223. The molecule has 3 rings (SSSR count). The summed E-state index contributed by atoms with van der Waals surface area (Å²) in [5.41, 5.74) is -0.0490. The first-order valence-electron chi connectivity index (χ1n) is 11.1. The van der Waals surface area contributed by atoms with Crippen LogP contribution in [0.2, 0.25) is 5.02 Å². The first-order valence-corrected chi connectivity index (χ1v) is 8.51. The highest BCUT2D eigenvalue weighted by atomic mass is 35.5. The minimum atomic E-state index is -2.66. The molecule has 0 bridgehead atoms. The molecule has 1 heterocycles. The normalized spacial score (nSPS) is 35.1. The molecule has 2 aromatic carbocycles. The molecule has 1 saturated heterocycles. The first kappa shape index (κ1) is 13.5. The van der Waals surface area contributed by atoms with Crippen molar-refractivity contribution in [2.24, 2.45) is 0 Å². The SMILES string of the molecule is [2H]C([2H])([2H])Oc1ccc(C([2H])([2H])c2cc([C@]3([2H])O[C@H](CO)[C@@H](O)[C@H](O)[C@H]3O)ccc2Cl)cc1. The molecule has 27 heavy (non-hydrogen) atoms. The van der Waals surface area contributed by atoms with Crippen molar-refractivity contribution < 1.29 is 38.1 Å². The van der Waals surface area contributed by atoms with Crippen molar-refractivity contribution in [2.45, 2.75) is 36.9 Å². The van der Waals surface area contributed by atoms with Gasteiger partial charge in [-0.3, -0.25) is 0 Å². The van der Waals surface area contributed by atoms with Crippen molar-refractivity contribution in [1.29, 1.82) is 0 Å². The highest BCUT2D eigenvalue weighted by Crippen LogP contribution is 2.34. The Hall–Kier alpha value is -1.67. The van der Waals surface area contributed by atoms with Gasteiger partial charge in [-0.05, 0) is 41.3 Å². The Bertz CT molecular complexity index is 986. The predicted octanol–water partition coefficient (Wildman–Crippen LogP) is 1.45. The van der Waals surface area contributed by atoms with Crippen molar-refractivity contribution in [1.82, 2.24) is 0 Å². The van der Waals surface area contributed by atoms with E-state index >= 15 is 0 Å². The zero-order chi connectivity index (χ0) is 24.8. The molecule has 2 aromatic rings. The number of hydrogen-bond acceptors (Lipinski definition) is 6. The molecule has 0 radical (unpaired) electrons. The zero-order valence-electron chi connectivity index (χ0n) is 20.0. The van der Waals surface area contributed by atoms with Crippen LogP contribution in [0.25, 0.3) is 0 Å². The smallest absolute Gasteiger partial charge is 0.118 e. The third-order valence-electron chi connectivity index (χ3n) is 4.28. The molecule has 0 aliphatic carbocycles. The highest BCUT2D eigenvalue weighted by Gasteiger charge is 2.43. The number of methoxy groups -OCH3 is 1. The van der Waals surface area contributed by atoms with E-state index in [2.05, 4.69) is 0 Å². The van der Waals surface area contributed by atoms with E-state index in [0.717, 1.165) is 0 Å². The van der Waals surface area contributed by atoms with Gasteiger partial charge in [0.15, 0.2) is 0 Å². The van der Waals surface area contributed by atoms with Gasteiger partial charge in [0.25, 0.3) is 0 Å². The minimum Gasteiger partial charge on any atom is -0.497 e. The highest BCUT2D eigenvalue weighted by molar-refractivity contribution is 6.31. The molecule has 5 atom stereocenters. The maximum atomic E-state index is 10.4. The van der Waals surface area contributed by atoms with E-state index in [9.17, 15) is 20.4 Å². The third-order valence-corrected chi connectivity index (χ3v) is 4.61. The van der Waals surface area contributed by atoms with Gasteiger partial charge >= 0.3 is 0 Å². The number of rotatable bonds is 5. The van der Waals surface area contributed by atoms with E-state index < -0.39 is 50.5 Å². The molecule has 4 N–H and O–H groups in total. The van der Waals surface area contributed by atoms with Crippen molar-refractivity contribution in [3.63, 3.8) is 0 Å². The molecule has 146 valence electrons. The molecular weight excluding hydrogens is 372 g/mol. The fourth-order valence-corrected chi connectivity index (χ4v) is 2.95. The van der Waals surface area contributed by atoms with Crippen LogP contribution in [-0.4, -0.2) is 58.5 Å². The van der Waals surface area contributed by atoms with E-state index in [1.54, 1.807) is 0 Å². The fraction of sp³-hybridized carbons (Fsp3) is 0.400. The van der Waals surface area contributed by atoms with Gasteiger partial charge in [0.2, 0.25) is 0 Å². The number of ether oxygens (including phenoxy) is 2. The summed E-state index contributed by atoms with van der Waals surface area (Å²) in [5.74, 6) is 0.0147. The van der Waals surface area contributed by atoms with Crippen LogP contribution in [0.5, 0.6) is 5.75 Å². The standard InChI is InChI=1S/C20H23ClO6/c1-26-14-5-2-11(3-6-14)8-13-9-12(4-7-15(13)21)20-19(25)18(24)17(23)16(10-22)27-20/h2-7,9,16-20,22-25H,8,10H2,1H3/t16-,17-,18+,19-,20+/m1/s1/i1D3,8D2,20D. The number of benzene rings is 2. The van der Waals surface area contributed by atoms with Crippen LogP contribution in [-0.2, 0) is 11.1 Å². The third kappa shape index (κ3) is 4.27. The Balaban J connectivity index is 2.00. The molecule has 0 amide bonds. The van der Waals surface area contributed by atoms with Crippen LogP contribution in [0, 0.1) is 0 Å². The lowest BCUT2D eigenvalue weighted by Gasteiger charge is -2.40. The predicted molar refractivity (Wildman–Crippen MR) is 100.0 cm³/mol. The Morgan fingerprint density at radius 2 is 1.89 bits per heavy atom. The van der Waals surface area contributed by atoms with Crippen LogP contribution in [0.4, 0.5) is 0 Å². The molecule has 0 saturated carbocycles. The Morgan fingerprint density at radius 3 is 2.56 bits per heavy atom. The first-order chi connectivity index (χ1) is 15.2. The average molecular weight is 401 g/mol. The Morgan fingerprint density at radius 1 is 1.15 bits per heavy atom. The molecule has 6 nitrogen and oxygen atoms in total. The van der Waals surface area contributed by atoms with Crippen molar-refractivity contribution in [2.75, 3.05) is 13.6 Å². The molecule has 0 unspecified atom stereocenters. The summed E-state index contributed by atoms with van der Waals surface area (Å²) < 4.78 is 57.4. The Labute approximate surface area is 171 Å². The van der Waals surface area contributed by atoms with E-state index in [-0.39, 0.29) is 27.5 Å². The van der Waals surface area contributed by atoms with Crippen molar-refractivity contribution >= 4 is 11.6 Å². The number of aliphatic hydroxyl groups is 4. The average Bonchev–Trinajstić information content (AvgIpc) is 2.74. The molecule has 7 heteroatoms. The lowest BCUT2D eigenvalue weighted by Crippen LogP contribution is -2.55. The summed E-state index contributed by atoms with van der Waals surface area (Å²) in [7, 11) is -2.66. The summed E-state index contributed by atoms with van der Waals surface area (Å²) >= 11 is 6.24. The zero-order valence-corrected chi connectivity index (χ0v) is 14.8. The second kappa shape index (κ2) is 8.56. The van der Waals surface area contributed by atoms with Gasteiger partial charge in [0, 0.05) is 7.76 Å². The number of hydrogen-bond donors (Lipinski definition) is 4. The van der Waals surface area contributed by atoms with Gasteiger partial charge in [0.1, 0.15) is 36.2 Å². The lowest BCUT2D eigenvalue weighted by atomic mass is 9.90. The molecule has 1 aliphatic rings. The van der Waals surface area contributed by atoms with Crippen LogP contribution >= 0.6 is 11.6 Å². The largest absolute Gasteiger partial charge is 0.497 e. The van der Waals surface area contributed by atoms with E-state index in [4.69, 9.17) is 29.3 Å². The van der Waals surface area contributed by atoms with Crippen molar-refractivity contribution in [3.05, 3.63) is 64.2 Å². The summed E-state index contributed by atoms with van der Waals surface area (Å²) in [6.07, 6.45) is -11.3. The quantitative estimate of drug-likeness (QED) is 0.606. The summed E-state index contributed by atoms with van der Waals surface area (Å²) in [6, 6.07) is 9.05. The second-order valence-electron chi connectivity index (χ2n) is 6.08. The molecule has 0 aromatic heterocycles. The maximum Gasteiger partial charge on any atom is 0.118 e. The summed E-state index contributed by atoms with van der Waals surface area (Å²) in [5, 5.41) is 40.0. The lowest BCUT2D eigenvalue weighted by molar-refractivity contribution is -0.231. The van der Waals surface area contributed by atoms with E-state index in [0.29, 0.717) is 0 Å². The van der Waals surface area contributed by atoms with Gasteiger partial charge in [-0.1, -0.05) is 35.9 Å². The van der Waals surface area contributed by atoms with Gasteiger partial charge in [-0.15, -0.1) is 0 Å². The summed E-state index contributed by atoms with van der Waals surface area (Å²) in [4.78, 5) is 0. The van der Waals surface area contributed by atoms with Crippen molar-refractivity contribution in [3.8, 4) is 5.75 Å².